The average Bonchev–Trinajstić information content (AvgIpc) is 4.08. The lowest BCUT2D eigenvalue weighted by Gasteiger charge is -2.23. The highest BCUT2D eigenvalue weighted by molar-refractivity contribution is 6.32. The number of nitriles is 1. The molecule has 0 spiro atoms. The standard InChI is InChI=1S/C49H45ClF2N4O8/c1-28-32(26-61-44-21-42(60-25-31-9-3-8-30(18-31)23-53)33(19-38(44)50)24-56-17-7-15-41(56)47(57)58)10-4-11-35(28)36-12-5-13-37(29(36)2)46-55-40-20-34(27-62-48(59)39-14-6-16-54-39)43(64-49(51)52)22-45(40)63-46/h3-5,8-13,18-22,39,41,49,54H,6-7,14-17,24-27H2,1-2H3,(H,57,58)/t39-,41?/m0/s1. The first-order valence-electron chi connectivity index (χ1n) is 21.0. The van der Waals surface area contributed by atoms with Crippen LogP contribution in [0, 0.1) is 25.2 Å². The number of carbonyl (C=O) groups is 2. The Morgan fingerprint density at radius 2 is 1.66 bits per heavy atom. The van der Waals surface area contributed by atoms with Crippen LogP contribution in [0.2, 0.25) is 5.02 Å². The molecule has 1 aromatic heterocycles. The van der Waals surface area contributed by atoms with Crippen molar-refractivity contribution in [1.82, 2.24) is 15.2 Å². The maximum Gasteiger partial charge on any atom is 0.387 e. The molecule has 3 heterocycles. The van der Waals surface area contributed by atoms with Gasteiger partial charge >= 0.3 is 18.6 Å². The Morgan fingerprint density at radius 1 is 0.891 bits per heavy atom. The summed E-state index contributed by atoms with van der Waals surface area (Å²) in [6.45, 7) is 2.56. The third kappa shape index (κ3) is 9.82. The molecule has 15 heteroatoms. The molecule has 64 heavy (non-hydrogen) atoms. The van der Waals surface area contributed by atoms with Gasteiger partial charge in [0, 0.05) is 35.4 Å². The van der Waals surface area contributed by atoms with Gasteiger partial charge in [-0.05, 0) is 116 Å². The molecule has 0 amide bonds. The number of hydrogen-bond donors (Lipinski definition) is 2. The van der Waals surface area contributed by atoms with Gasteiger partial charge in [-0.1, -0.05) is 54.1 Å². The molecule has 5 aromatic carbocycles. The first-order valence-corrected chi connectivity index (χ1v) is 21.3. The fourth-order valence-corrected chi connectivity index (χ4v) is 8.60. The summed E-state index contributed by atoms with van der Waals surface area (Å²) in [7, 11) is 0. The van der Waals surface area contributed by atoms with Gasteiger partial charge < -0.3 is 33.8 Å². The highest BCUT2D eigenvalue weighted by Crippen LogP contribution is 2.39. The topological polar surface area (TPSA) is 156 Å². The Balaban J connectivity index is 1.04. The molecule has 2 aliphatic rings. The molecule has 2 fully saturated rings. The lowest BCUT2D eigenvalue weighted by molar-refractivity contribution is -0.147. The molecule has 12 nitrogen and oxygen atoms in total. The maximum atomic E-state index is 13.5. The second-order valence-corrected chi connectivity index (χ2v) is 16.3. The number of oxazole rings is 1. The molecular weight excluding hydrogens is 846 g/mol. The van der Waals surface area contributed by atoms with Gasteiger partial charge in [-0.2, -0.15) is 14.0 Å². The number of ether oxygens (including phenoxy) is 4. The van der Waals surface area contributed by atoms with Crippen LogP contribution in [0.3, 0.4) is 0 Å². The second kappa shape index (κ2) is 19.5. The molecule has 2 saturated heterocycles. The van der Waals surface area contributed by atoms with Gasteiger partial charge in [-0.3, -0.25) is 14.5 Å². The van der Waals surface area contributed by atoms with E-state index in [4.69, 9.17) is 39.9 Å². The molecule has 0 aliphatic carbocycles. The SMILES string of the molecule is Cc1c(COc2cc(OCc3cccc(C#N)c3)c(CN3CCCC3C(=O)O)cc2Cl)cccc1-c1cccc(-c2nc3cc(COC(=O)[C@@H]4CCCN4)c(OC(F)F)cc3o2)c1C. The molecule has 0 saturated carbocycles. The maximum absolute atomic E-state index is 13.5. The Morgan fingerprint density at radius 3 is 2.42 bits per heavy atom. The minimum Gasteiger partial charge on any atom is -0.488 e. The number of nitrogens with zero attached hydrogens (tertiary/aromatic N) is 3. The predicted molar refractivity (Wildman–Crippen MR) is 234 cm³/mol. The number of nitrogens with one attached hydrogen (secondary N) is 1. The molecule has 0 bridgehead atoms. The number of halogens is 3. The summed E-state index contributed by atoms with van der Waals surface area (Å²) in [6.07, 6.45) is 2.82. The van der Waals surface area contributed by atoms with Crippen LogP contribution in [-0.4, -0.2) is 58.7 Å². The lowest BCUT2D eigenvalue weighted by Crippen LogP contribution is -2.35. The molecule has 2 aliphatic heterocycles. The highest BCUT2D eigenvalue weighted by atomic mass is 35.5. The quantitative estimate of drug-likeness (QED) is 0.0889. The van der Waals surface area contributed by atoms with Crippen molar-refractivity contribution in [3.8, 4) is 45.9 Å². The Kier molecular flexibility index (Phi) is 13.4. The first kappa shape index (κ1) is 44.1. The van der Waals surface area contributed by atoms with E-state index in [1.807, 2.05) is 61.2 Å². The van der Waals surface area contributed by atoms with E-state index in [0.717, 1.165) is 51.8 Å². The largest absolute Gasteiger partial charge is 0.488 e. The van der Waals surface area contributed by atoms with E-state index in [0.29, 0.717) is 65.6 Å². The van der Waals surface area contributed by atoms with Crippen LogP contribution in [0.25, 0.3) is 33.7 Å². The zero-order valence-electron chi connectivity index (χ0n) is 35.2. The van der Waals surface area contributed by atoms with Crippen LogP contribution in [-0.2, 0) is 40.7 Å². The fourth-order valence-electron chi connectivity index (χ4n) is 8.36. The zero-order valence-corrected chi connectivity index (χ0v) is 35.9. The number of fused-ring (bicyclic) bond motifs is 1. The molecular formula is C49H45ClF2N4O8. The highest BCUT2D eigenvalue weighted by Gasteiger charge is 2.31. The monoisotopic (exact) mass is 890 g/mol. The summed E-state index contributed by atoms with van der Waals surface area (Å²) in [4.78, 5) is 31.2. The zero-order chi connectivity index (χ0) is 44.9. The number of carboxylic acids is 1. The predicted octanol–water partition coefficient (Wildman–Crippen LogP) is 9.91. The number of carbonyl (C=O) groups excluding carboxylic acids is 1. The number of benzene rings is 5. The molecule has 0 radical (unpaired) electrons. The number of esters is 1. The molecule has 8 rings (SSSR count). The van der Waals surface area contributed by atoms with Gasteiger partial charge in [-0.25, -0.2) is 4.98 Å². The van der Waals surface area contributed by atoms with Gasteiger partial charge in [0.1, 0.15) is 54.7 Å². The molecule has 2 atom stereocenters. The number of carboxylic acid groups (broad SMARTS) is 1. The van der Waals surface area contributed by atoms with Crippen molar-refractivity contribution >= 4 is 34.6 Å². The van der Waals surface area contributed by atoms with E-state index in [9.17, 15) is 28.7 Å². The molecule has 2 N–H and O–H groups in total. The number of hydrogen-bond acceptors (Lipinski definition) is 11. The smallest absolute Gasteiger partial charge is 0.387 e. The fraction of sp³-hybridized carbons (Fsp3) is 0.306. The number of alkyl halides is 2. The Labute approximate surface area is 373 Å². The lowest BCUT2D eigenvalue weighted by atomic mass is 9.91. The van der Waals surface area contributed by atoms with Gasteiger partial charge in [-0.15, -0.1) is 0 Å². The van der Waals surface area contributed by atoms with Crippen LogP contribution >= 0.6 is 11.6 Å². The van der Waals surface area contributed by atoms with Crippen molar-refractivity contribution in [3.05, 3.63) is 129 Å². The van der Waals surface area contributed by atoms with Crippen molar-refractivity contribution in [2.45, 2.75) is 84.6 Å². The van der Waals surface area contributed by atoms with Crippen molar-refractivity contribution < 1.29 is 46.8 Å². The van der Waals surface area contributed by atoms with E-state index in [-0.39, 0.29) is 42.6 Å². The van der Waals surface area contributed by atoms with Crippen molar-refractivity contribution in [2.75, 3.05) is 13.1 Å². The normalized spacial score (nSPS) is 16.3. The number of rotatable bonds is 16. The van der Waals surface area contributed by atoms with Crippen molar-refractivity contribution in [1.29, 1.82) is 5.26 Å². The Hall–Kier alpha value is -6.53. The van der Waals surface area contributed by atoms with Gasteiger partial charge in [0.25, 0.3) is 0 Å². The summed E-state index contributed by atoms with van der Waals surface area (Å²) < 4.78 is 56.1. The van der Waals surface area contributed by atoms with E-state index < -0.39 is 30.6 Å². The van der Waals surface area contributed by atoms with E-state index in [2.05, 4.69) is 11.4 Å². The first-order chi connectivity index (χ1) is 30.9. The van der Waals surface area contributed by atoms with Gasteiger partial charge in [0.2, 0.25) is 5.89 Å². The van der Waals surface area contributed by atoms with Crippen LogP contribution in [0.5, 0.6) is 17.2 Å². The van der Waals surface area contributed by atoms with Crippen molar-refractivity contribution in [3.63, 3.8) is 0 Å². The summed E-state index contributed by atoms with van der Waals surface area (Å²) in [5.41, 5.74) is 8.12. The van der Waals surface area contributed by atoms with Crippen LogP contribution < -0.4 is 19.5 Å². The number of likely N-dealkylation sites (tertiary alicyclic amines) is 1. The van der Waals surface area contributed by atoms with E-state index >= 15 is 0 Å². The molecule has 1 unspecified atom stereocenters. The summed E-state index contributed by atoms with van der Waals surface area (Å²) in [5.74, 6) is -0.348. The van der Waals surface area contributed by atoms with Crippen LogP contribution in [0.15, 0.2) is 89.3 Å². The average molecular weight is 891 g/mol. The van der Waals surface area contributed by atoms with E-state index in [1.165, 1.54) is 12.1 Å². The summed E-state index contributed by atoms with van der Waals surface area (Å²) >= 11 is 6.86. The summed E-state index contributed by atoms with van der Waals surface area (Å²) in [5, 5.41) is 22.7. The van der Waals surface area contributed by atoms with E-state index in [1.54, 1.807) is 30.3 Å². The van der Waals surface area contributed by atoms with Gasteiger partial charge in [0.05, 0.1) is 16.7 Å². The van der Waals surface area contributed by atoms with Gasteiger partial charge in [0.15, 0.2) is 5.58 Å². The number of aliphatic carboxylic acids is 1. The van der Waals surface area contributed by atoms with Crippen molar-refractivity contribution in [2.24, 2.45) is 0 Å². The minimum absolute atomic E-state index is 0.164. The van der Waals surface area contributed by atoms with Crippen LogP contribution in [0.4, 0.5) is 8.78 Å². The third-order valence-corrected chi connectivity index (χ3v) is 12.1. The second-order valence-electron chi connectivity index (χ2n) is 15.9. The third-order valence-electron chi connectivity index (χ3n) is 11.8. The summed E-state index contributed by atoms with van der Waals surface area (Å²) in [6, 6.07) is 26.3. The Bertz CT molecular complexity index is 2750. The van der Waals surface area contributed by atoms with Crippen LogP contribution in [0.1, 0.15) is 64.6 Å². The minimum atomic E-state index is -3.11. The molecule has 330 valence electrons. The molecule has 6 aromatic rings. The number of aromatic nitrogens is 1.